The van der Waals surface area contributed by atoms with Crippen LogP contribution in [-0.2, 0) is 21.0 Å². The molecule has 1 fully saturated rings. The van der Waals surface area contributed by atoms with Crippen LogP contribution in [0.4, 0.5) is 13.2 Å². The summed E-state index contributed by atoms with van der Waals surface area (Å²) >= 11 is 0. The first-order valence-electron chi connectivity index (χ1n) is 9.41. The minimum atomic E-state index is -4.54. The summed E-state index contributed by atoms with van der Waals surface area (Å²) in [7, 11) is -3.98. The number of aryl methyl sites for hydroxylation is 1. The number of hydrogen-bond acceptors (Lipinski definition) is 5. The number of hydrogen-bond donors (Lipinski definition) is 1. The number of piperazine rings is 1. The Morgan fingerprint density at radius 1 is 1.19 bits per heavy atom. The maximum absolute atomic E-state index is 12.9. The van der Waals surface area contributed by atoms with Crippen LogP contribution in [0.15, 0.2) is 47.5 Å². The number of halogens is 3. The zero-order chi connectivity index (χ0) is 24.1. The number of sulfonamides is 1. The lowest BCUT2D eigenvalue weighted by atomic mass is 10.1. The van der Waals surface area contributed by atoms with Crippen LogP contribution in [0.1, 0.15) is 28.5 Å². The maximum Gasteiger partial charge on any atom is 0.416 e. The van der Waals surface area contributed by atoms with E-state index in [0.29, 0.717) is 11.3 Å². The van der Waals surface area contributed by atoms with E-state index in [1.165, 1.54) is 4.31 Å². The van der Waals surface area contributed by atoms with Crippen LogP contribution in [0.5, 0.6) is 0 Å². The molecule has 0 spiro atoms. The third kappa shape index (κ3) is 5.62. The van der Waals surface area contributed by atoms with Crippen molar-refractivity contribution in [1.82, 2.24) is 14.2 Å². The fourth-order valence-electron chi connectivity index (χ4n) is 3.31. The SMILES string of the molecule is Cc1ncccc1C(=O)N1CCN(S(=O)(=O)c2ccc(C(F)(F)F)cc2)C(C)C1.O=CO. The standard InChI is InChI=1S/C19H20F3N3O3S.CH2O2/c1-13-12-24(18(26)17-4-3-9-23-14(17)2)10-11-25(13)29(27,28)16-7-5-15(6-8-16)19(20,21)22;2-1-3/h3-9,13H,10-12H2,1-2H3;1H,(H,2,3). The summed E-state index contributed by atoms with van der Waals surface area (Å²) in [5.74, 6) is -0.228. The highest BCUT2D eigenvalue weighted by molar-refractivity contribution is 7.89. The lowest BCUT2D eigenvalue weighted by Crippen LogP contribution is -2.55. The minimum Gasteiger partial charge on any atom is -0.483 e. The molecular weight excluding hydrogens is 451 g/mol. The lowest BCUT2D eigenvalue weighted by Gasteiger charge is -2.39. The summed E-state index contributed by atoms with van der Waals surface area (Å²) in [6.07, 6.45) is -2.95. The molecule has 1 N–H and O–H groups in total. The number of nitrogens with zero attached hydrogens (tertiary/aromatic N) is 3. The van der Waals surface area contributed by atoms with E-state index in [9.17, 15) is 26.4 Å². The van der Waals surface area contributed by atoms with Gasteiger partial charge in [-0.25, -0.2) is 8.42 Å². The van der Waals surface area contributed by atoms with Crippen molar-refractivity contribution >= 4 is 22.4 Å². The van der Waals surface area contributed by atoms with E-state index in [1.54, 1.807) is 37.1 Å². The van der Waals surface area contributed by atoms with Gasteiger partial charge in [0.25, 0.3) is 12.4 Å². The summed E-state index contributed by atoms with van der Waals surface area (Å²) in [6.45, 7) is 3.54. The summed E-state index contributed by atoms with van der Waals surface area (Å²) in [5.41, 5.74) is 0.135. The van der Waals surface area contributed by atoms with E-state index in [0.717, 1.165) is 24.3 Å². The number of alkyl halides is 3. The average Bonchev–Trinajstić information content (AvgIpc) is 2.73. The van der Waals surface area contributed by atoms with Crippen molar-refractivity contribution in [2.75, 3.05) is 19.6 Å². The zero-order valence-electron chi connectivity index (χ0n) is 17.3. The second-order valence-electron chi connectivity index (χ2n) is 6.98. The van der Waals surface area contributed by atoms with Gasteiger partial charge < -0.3 is 10.0 Å². The van der Waals surface area contributed by atoms with Crippen molar-refractivity contribution in [2.45, 2.75) is 31.0 Å². The Hall–Kier alpha value is -2.99. The Labute approximate surface area is 183 Å². The van der Waals surface area contributed by atoms with Gasteiger partial charge in [0.05, 0.1) is 16.0 Å². The lowest BCUT2D eigenvalue weighted by molar-refractivity contribution is -0.137. The Kier molecular flexibility index (Phi) is 7.97. The number of carbonyl (C=O) groups excluding carboxylic acids is 1. The van der Waals surface area contributed by atoms with Gasteiger partial charge in [-0.1, -0.05) is 0 Å². The fourth-order valence-corrected chi connectivity index (χ4v) is 4.93. The number of pyridine rings is 1. The second-order valence-corrected chi connectivity index (χ2v) is 8.87. The normalized spacial score (nSPS) is 17.3. The molecule has 1 aliphatic heterocycles. The number of aromatic nitrogens is 1. The van der Waals surface area contributed by atoms with E-state index in [-0.39, 0.29) is 36.9 Å². The van der Waals surface area contributed by atoms with Crippen LogP contribution in [0.3, 0.4) is 0 Å². The predicted octanol–water partition coefficient (Wildman–Crippen LogP) is 2.64. The molecule has 8 nitrogen and oxygen atoms in total. The smallest absolute Gasteiger partial charge is 0.416 e. The number of amides is 1. The fraction of sp³-hybridized carbons (Fsp3) is 0.350. The molecule has 1 unspecified atom stereocenters. The topological polar surface area (TPSA) is 108 Å². The first kappa shape index (κ1) is 25.3. The molecule has 0 aliphatic carbocycles. The van der Waals surface area contributed by atoms with Crippen molar-refractivity contribution in [3.8, 4) is 0 Å². The van der Waals surface area contributed by atoms with Gasteiger partial charge in [-0.05, 0) is 50.2 Å². The van der Waals surface area contributed by atoms with E-state index < -0.39 is 27.8 Å². The molecule has 1 amide bonds. The predicted molar refractivity (Wildman–Crippen MR) is 108 cm³/mol. The zero-order valence-corrected chi connectivity index (χ0v) is 18.1. The van der Waals surface area contributed by atoms with E-state index in [2.05, 4.69) is 4.98 Å². The first-order chi connectivity index (χ1) is 14.9. The van der Waals surface area contributed by atoms with Crippen molar-refractivity contribution < 1.29 is 36.3 Å². The third-order valence-corrected chi connectivity index (χ3v) is 6.91. The van der Waals surface area contributed by atoms with E-state index in [4.69, 9.17) is 9.90 Å². The number of carboxylic acid groups (broad SMARTS) is 1. The number of benzene rings is 1. The molecule has 32 heavy (non-hydrogen) atoms. The molecule has 0 radical (unpaired) electrons. The molecule has 174 valence electrons. The largest absolute Gasteiger partial charge is 0.483 e. The molecule has 0 saturated carbocycles. The molecule has 2 aromatic rings. The highest BCUT2D eigenvalue weighted by atomic mass is 32.2. The molecule has 12 heteroatoms. The van der Waals surface area contributed by atoms with Gasteiger partial charge in [-0.15, -0.1) is 0 Å². The summed E-state index contributed by atoms with van der Waals surface area (Å²) in [6, 6.07) is 6.22. The number of carbonyl (C=O) groups is 2. The molecule has 1 aliphatic rings. The van der Waals surface area contributed by atoms with Gasteiger partial charge in [0.15, 0.2) is 0 Å². The molecule has 2 heterocycles. The van der Waals surface area contributed by atoms with Crippen LogP contribution in [-0.4, -0.2) is 65.8 Å². The summed E-state index contributed by atoms with van der Waals surface area (Å²) < 4.78 is 65.2. The Morgan fingerprint density at radius 2 is 1.78 bits per heavy atom. The monoisotopic (exact) mass is 473 g/mol. The average molecular weight is 473 g/mol. The highest BCUT2D eigenvalue weighted by Crippen LogP contribution is 2.31. The first-order valence-corrected chi connectivity index (χ1v) is 10.8. The highest BCUT2D eigenvalue weighted by Gasteiger charge is 2.36. The van der Waals surface area contributed by atoms with Crippen LogP contribution in [0.25, 0.3) is 0 Å². The molecule has 1 saturated heterocycles. The van der Waals surface area contributed by atoms with Gasteiger partial charge in [0.2, 0.25) is 10.0 Å². The van der Waals surface area contributed by atoms with Gasteiger partial charge >= 0.3 is 6.18 Å². The van der Waals surface area contributed by atoms with Crippen molar-refractivity contribution in [2.24, 2.45) is 0 Å². The van der Waals surface area contributed by atoms with Crippen LogP contribution in [0, 0.1) is 6.92 Å². The van der Waals surface area contributed by atoms with E-state index >= 15 is 0 Å². The van der Waals surface area contributed by atoms with Gasteiger partial charge in [0.1, 0.15) is 0 Å². The van der Waals surface area contributed by atoms with Gasteiger partial charge in [-0.2, -0.15) is 17.5 Å². The van der Waals surface area contributed by atoms with Crippen LogP contribution in [0.2, 0.25) is 0 Å². The number of rotatable bonds is 3. The molecule has 1 aromatic heterocycles. The van der Waals surface area contributed by atoms with E-state index in [1.807, 2.05) is 0 Å². The van der Waals surface area contributed by atoms with Crippen molar-refractivity contribution in [1.29, 1.82) is 0 Å². The van der Waals surface area contributed by atoms with Crippen LogP contribution >= 0.6 is 0 Å². The quantitative estimate of drug-likeness (QED) is 0.687. The summed E-state index contributed by atoms with van der Waals surface area (Å²) in [4.78, 5) is 26.5. The molecule has 1 aromatic carbocycles. The molecule has 1 atom stereocenters. The minimum absolute atomic E-state index is 0.0512. The third-order valence-electron chi connectivity index (χ3n) is 4.88. The Morgan fingerprint density at radius 3 is 2.28 bits per heavy atom. The van der Waals surface area contributed by atoms with Gasteiger partial charge in [0, 0.05) is 37.6 Å². The molecule has 0 bridgehead atoms. The molecule has 3 rings (SSSR count). The van der Waals surface area contributed by atoms with Gasteiger partial charge in [-0.3, -0.25) is 14.6 Å². The van der Waals surface area contributed by atoms with Crippen molar-refractivity contribution in [3.63, 3.8) is 0 Å². The van der Waals surface area contributed by atoms with Crippen molar-refractivity contribution in [3.05, 3.63) is 59.4 Å². The maximum atomic E-state index is 12.9. The Balaban J connectivity index is 0.00000114. The second kappa shape index (κ2) is 10.1. The van der Waals surface area contributed by atoms with Crippen LogP contribution < -0.4 is 0 Å². The summed E-state index contributed by atoms with van der Waals surface area (Å²) in [5, 5.41) is 6.89. The Bertz CT molecular complexity index is 1060. The molecular formula is C20H22F3N3O5S.